The number of carbonyl (C=O) groups is 1. The van der Waals surface area contributed by atoms with Crippen LogP contribution in [0.4, 0.5) is 0 Å². The maximum atomic E-state index is 11.0. The molecule has 100 valence electrons. The lowest BCUT2D eigenvalue weighted by atomic mass is 9.98. The van der Waals surface area contributed by atoms with Crippen molar-refractivity contribution in [1.29, 1.82) is 0 Å². The minimum Gasteiger partial charge on any atom is -0.480 e. The van der Waals surface area contributed by atoms with Gasteiger partial charge in [-0.1, -0.05) is 30.3 Å². The number of ether oxygens (including phenoxy) is 1. The standard InChI is InChI=1S/C14H21NO3/c1-14(2,9-12(15-3)13(16)17)18-10-11-7-5-4-6-8-11/h4-8,12,15H,9-10H2,1-3H3,(H,16,17)/t12-/m0/s1. The second-order valence-corrected chi connectivity index (χ2v) is 4.92. The minimum atomic E-state index is -0.853. The number of nitrogens with one attached hydrogen (secondary N) is 1. The van der Waals surface area contributed by atoms with Crippen molar-refractivity contribution in [2.75, 3.05) is 7.05 Å². The average Bonchev–Trinajstić information content (AvgIpc) is 2.35. The molecule has 0 aliphatic rings. The first-order valence-corrected chi connectivity index (χ1v) is 6.02. The van der Waals surface area contributed by atoms with Gasteiger partial charge in [0.2, 0.25) is 0 Å². The summed E-state index contributed by atoms with van der Waals surface area (Å²) >= 11 is 0. The van der Waals surface area contributed by atoms with E-state index < -0.39 is 17.6 Å². The molecule has 0 bridgehead atoms. The Labute approximate surface area is 108 Å². The van der Waals surface area contributed by atoms with Crippen LogP contribution in [0.2, 0.25) is 0 Å². The molecule has 0 saturated heterocycles. The molecule has 0 unspecified atom stereocenters. The summed E-state index contributed by atoms with van der Waals surface area (Å²) < 4.78 is 5.79. The largest absolute Gasteiger partial charge is 0.480 e. The molecule has 0 heterocycles. The van der Waals surface area contributed by atoms with Crippen molar-refractivity contribution in [3.8, 4) is 0 Å². The van der Waals surface area contributed by atoms with E-state index in [0.717, 1.165) is 5.56 Å². The fraction of sp³-hybridized carbons (Fsp3) is 0.500. The number of aliphatic carboxylic acids is 1. The zero-order valence-corrected chi connectivity index (χ0v) is 11.1. The molecule has 0 fully saturated rings. The summed E-state index contributed by atoms with van der Waals surface area (Å²) in [6.45, 7) is 4.30. The predicted octanol–water partition coefficient (Wildman–Crippen LogP) is 2.04. The molecule has 4 nitrogen and oxygen atoms in total. The van der Waals surface area contributed by atoms with E-state index in [9.17, 15) is 4.79 Å². The molecule has 4 heteroatoms. The van der Waals surface area contributed by atoms with Crippen LogP contribution in [0, 0.1) is 0 Å². The third-order valence-electron chi connectivity index (χ3n) is 2.81. The Morgan fingerprint density at radius 2 is 2.00 bits per heavy atom. The molecule has 0 aromatic heterocycles. The van der Waals surface area contributed by atoms with E-state index in [4.69, 9.17) is 9.84 Å². The molecule has 0 aliphatic heterocycles. The van der Waals surface area contributed by atoms with Crippen molar-refractivity contribution in [3.05, 3.63) is 35.9 Å². The predicted molar refractivity (Wildman–Crippen MR) is 70.4 cm³/mol. The third kappa shape index (κ3) is 4.85. The van der Waals surface area contributed by atoms with Gasteiger partial charge in [-0.25, -0.2) is 0 Å². The topological polar surface area (TPSA) is 58.6 Å². The van der Waals surface area contributed by atoms with Crippen LogP contribution < -0.4 is 5.32 Å². The third-order valence-corrected chi connectivity index (χ3v) is 2.81. The van der Waals surface area contributed by atoms with Crippen LogP contribution in [0.25, 0.3) is 0 Å². The van der Waals surface area contributed by atoms with Crippen molar-refractivity contribution >= 4 is 5.97 Å². The van der Waals surface area contributed by atoms with Gasteiger partial charge in [0.25, 0.3) is 0 Å². The molecule has 1 aromatic rings. The monoisotopic (exact) mass is 251 g/mol. The molecule has 0 aliphatic carbocycles. The van der Waals surface area contributed by atoms with E-state index >= 15 is 0 Å². The summed E-state index contributed by atoms with van der Waals surface area (Å²) in [5.74, 6) is -0.853. The van der Waals surface area contributed by atoms with E-state index in [2.05, 4.69) is 5.32 Å². The molecular formula is C14H21NO3. The zero-order valence-electron chi connectivity index (χ0n) is 11.1. The van der Waals surface area contributed by atoms with Crippen molar-refractivity contribution < 1.29 is 14.6 Å². The Morgan fingerprint density at radius 1 is 1.39 bits per heavy atom. The first kappa shape index (κ1) is 14.7. The fourth-order valence-corrected chi connectivity index (χ4v) is 1.72. The van der Waals surface area contributed by atoms with Crippen LogP contribution in [0.5, 0.6) is 0 Å². The highest BCUT2D eigenvalue weighted by atomic mass is 16.5. The molecule has 0 radical (unpaired) electrons. The minimum absolute atomic E-state index is 0.422. The maximum Gasteiger partial charge on any atom is 0.320 e. The molecule has 1 rings (SSSR count). The van der Waals surface area contributed by atoms with Gasteiger partial charge in [0.05, 0.1) is 12.2 Å². The van der Waals surface area contributed by atoms with Gasteiger partial charge in [-0.15, -0.1) is 0 Å². The van der Waals surface area contributed by atoms with Crippen LogP contribution in [-0.4, -0.2) is 29.8 Å². The quantitative estimate of drug-likeness (QED) is 0.778. The number of rotatable bonds is 7. The van der Waals surface area contributed by atoms with E-state index in [0.29, 0.717) is 13.0 Å². The Morgan fingerprint density at radius 3 is 2.50 bits per heavy atom. The van der Waals surface area contributed by atoms with Gasteiger partial charge in [0.1, 0.15) is 6.04 Å². The summed E-state index contributed by atoms with van der Waals surface area (Å²) in [6.07, 6.45) is 0.422. The highest BCUT2D eigenvalue weighted by Gasteiger charge is 2.27. The van der Waals surface area contributed by atoms with E-state index in [1.54, 1.807) is 7.05 Å². The smallest absolute Gasteiger partial charge is 0.320 e. The number of carboxylic acid groups (broad SMARTS) is 1. The first-order chi connectivity index (χ1) is 8.44. The number of hydrogen-bond acceptors (Lipinski definition) is 3. The molecule has 1 atom stereocenters. The van der Waals surface area contributed by atoms with Gasteiger partial charge in [-0.05, 0) is 26.5 Å². The lowest BCUT2D eigenvalue weighted by molar-refractivity contribution is -0.142. The van der Waals surface area contributed by atoms with E-state index in [-0.39, 0.29) is 0 Å². The fourth-order valence-electron chi connectivity index (χ4n) is 1.72. The van der Waals surface area contributed by atoms with E-state index in [1.807, 2.05) is 44.2 Å². The van der Waals surface area contributed by atoms with Crippen molar-refractivity contribution in [2.24, 2.45) is 0 Å². The molecule has 0 amide bonds. The molecule has 0 saturated carbocycles. The van der Waals surface area contributed by atoms with Gasteiger partial charge in [-0.3, -0.25) is 4.79 Å². The Kier molecular flexibility index (Phi) is 5.31. The van der Waals surface area contributed by atoms with Gasteiger partial charge in [0.15, 0.2) is 0 Å². The summed E-state index contributed by atoms with van der Waals surface area (Å²) in [6, 6.07) is 9.26. The second kappa shape index (κ2) is 6.52. The van der Waals surface area contributed by atoms with E-state index in [1.165, 1.54) is 0 Å². The Bertz CT molecular complexity index is 376. The van der Waals surface area contributed by atoms with Crippen LogP contribution in [0.3, 0.4) is 0 Å². The summed E-state index contributed by atoms with van der Waals surface area (Å²) in [7, 11) is 1.64. The van der Waals surface area contributed by atoms with Crippen LogP contribution in [0.15, 0.2) is 30.3 Å². The molecule has 18 heavy (non-hydrogen) atoms. The Balaban J connectivity index is 2.51. The molecule has 1 aromatic carbocycles. The maximum absolute atomic E-state index is 11.0. The molecule has 0 spiro atoms. The SMILES string of the molecule is CN[C@@H](CC(C)(C)OCc1ccccc1)C(=O)O. The lowest BCUT2D eigenvalue weighted by Gasteiger charge is -2.28. The Hall–Kier alpha value is -1.39. The van der Waals surface area contributed by atoms with Crippen molar-refractivity contribution in [3.63, 3.8) is 0 Å². The number of likely N-dealkylation sites (N-methyl/N-ethyl adjacent to an activating group) is 1. The number of carboxylic acids is 1. The average molecular weight is 251 g/mol. The molecular weight excluding hydrogens is 230 g/mol. The van der Waals surface area contributed by atoms with Gasteiger partial charge >= 0.3 is 5.97 Å². The number of benzene rings is 1. The van der Waals surface area contributed by atoms with Crippen molar-refractivity contribution in [2.45, 2.75) is 38.5 Å². The summed E-state index contributed by atoms with van der Waals surface area (Å²) in [4.78, 5) is 11.0. The highest BCUT2D eigenvalue weighted by molar-refractivity contribution is 5.73. The van der Waals surface area contributed by atoms with Crippen LogP contribution >= 0.6 is 0 Å². The second-order valence-electron chi connectivity index (χ2n) is 4.92. The summed E-state index contributed by atoms with van der Waals surface area (Å²) in [5, 5.41) is 11.8. The van der Waals surface area contributed by atoms with Gasteiger partial charge in [-0.2, -0.15) is 0 Å². The highest BCUT2D eigenvalue weighted by Crippen LogP contribution is 2.19. The van der Waals surface area contributed by atoms with Crippen molar-refractivity contribution in [1.82, 2.24) is 5.32 Å². The van der Waals surface area contributed by atoms with Gasteiger partial charge < -0.3 is 15.2 Å². The zero-order chi connectivity index (χ0) is 13.6. The summed E-state index contributed by atoms with van der Waals surface area (Å²) in [5.41, 5.74) is 0.601. The normalized spacial score (nSPS) is 13.3. The molecule has 2 N–H and O–H groups in total. The number of hydrogen-bond donors (Lipinski definition) is 2. The van der Waals surface area contributed by atoms with Gasteiger partial charge in [0, 0.05) is 6.42 Å². The first-order valence-electron chi connectivity index (χ1n) is 6.02. The lowest BCUT2D eigenvalue weighted by Crippen LogP contribution is -2.41. The van der Waals surface area contributed by atoms with Crippen LogP contribution in [0.1, 0.15) is 25.8 Å². The van der Waals surface area contributed by atoms with Crippen LogP contribution in [-0.2, 0) is 16.1 Å².